The van der Waals surface area contributed by atoms with Gasteiger partial charge in [-0.05, 0) is 43.9 Å². The second kappa shape index (κ2) is 4.26. The van der Waals surface area contributed by atoms with Gasteiger partial charge in [-0.3, -0.25) is 0 Å². The van der Waals surface area contributed by atoms with Crippen LogP contribution in [0.25, 0.3) is 0 Å². The molecule has 104 valence electrons. The molecule has 0 aromatic heterocycles. The zero-order valence-electron chi connectivity index (χ0n) is 10.7. The average molecular weight is 295 g/mol. The summed E-state index contributed by atoms with van der Waals surface area (Å²) in [5, 5.41) is 20.0. The molecule has 0 amide bonds. The lowest BCUT2D eigenvalue weighted by molar-refractivity contribution is -0.154. The number of carboxylic acids is 1. The molecule has 2 bridgehead atoms. The Morgan fingerprint density at radius 2 is 1.61 bits per heavy atom. The molecular weight excluding hydrogens is 275 g/mol. The third kappa shape index (κ3) is 2.14. The number of fused-ring (bicyclic) bond motifs is 2. The lowest BCUT2D eigenvalue weighted by Crippen LogP contribution is -2.58. The van der Waals surface area contributed by atoms with Crippen LogP contribution in [0.3, 0.4) is 0 Å². The summed E-state index contributed by atoms with van der Waals surface area (Å²) in [4.78, 5) is 11.4. The quantitative estimate of drug-likeness (QED) is 0.769. The van der Waals surface area contributed by atoms with Crippen molar-refractivity contribution in [2.75, 3.05) is 0 Å². The summed E-state index contributed by atoms with van der Waals surface area (Å²) in [6.45, 7) is 4.06. The van der Waals surface area contributed by atoms with Crippen LogP contribution in [0.2, 0.25) is 0 Å². The highest BCUT2D eigenvalue weighted by Gasteiger charge is 2.62. The molecule has 3 nitrogen and oxygen atoms in total. The first-order valence-electron chi connectivity index (χ1n) is 6.44. The summed E-state index contributed by atoms with van der Waals surface area (Å²) in [6.07, 6.45) is 3.15. The van der Waals surface area contributed by atoms with Gasteiger partial charge in [-0.1, -0.05) is 37.0 Å². The number of hydrogen-bond donors (Lipinski definition) is 2. The van der Waals surface area contributed by atoms with E-state index in [0.717, 1.165) is 0 Å². The molecule has 0 aromatic rings. The predicted octanol–water partition coefficient (Wildman–Crippen LogP) is 3.21. The van der Waals surface area contributed by atoms with Crippen molar-refractivity contribution in [2.45, 2.75) is 55.9 Å². The Labute approximate surface area is 117 Å². The summed E-state index contributed by atoms with van der Waals surface area (Å²) in [7, 11) is 0. The SMILES string of the molecule is CC1CC2(O)CC(C)CC(C(Cl)(Cl)C(=O)O)(C1)C2. The number of hydrogen-bond acceptors (Lipinski definition) is 2. The van der Waals surface area contributed by atoms with Crippen molar-refractivity contribution >= 4 is 29.2 Å². The molecule has 2 unspecified atom stereocenters. The standard InChI is InChI=1S/C13H20Cl2O3/c1-8-3-11(13(14,15)10(16)17)4-9(2)6-12(18,5-8)7-11/h8-9,18H,3-7H2,1-2H3,(H,16,17). The van der Waals surface area contributed by atoms with Crippen LogP contribution in [-0.2, 0) is 4.79 Å². The summed E-state index contributed by atoms with van der Waals surface area (Å²) < 4.78 is -1.82. The Kier molecular flexibility index (Phi) is 3.41. The summed E-state index contributed by atoms with van der Waals surface area (Å²) in [6, 6.07) is 0. The summed E-state index contributed by atoms with van der Waals surface area (Å²) >= 11 is 12.3. The molecule has 0 aromatic carbocycles. The Morgan fingerprint density at radius 3 is 2.00 bits per heavy atom. The van der Waals surface area contributed by atoms with E-state index < -0.39 is 21.3 Å². The Balaban J connectivity index is 2.43. The predicted molar refractivity (Wildman–Crippen MR) is 70.9 cm³/mol. The van der Waals surface area contributed by atoms with Gasteiger partial charge in [0.1, 0.15) is 0 Å². The van der Waals surface area contributed by atoms with Crippen molar-refractivity contribution in [3.8, 4) is 0 Å². The van der Waals surface area contributed by atoms with E-state index in [-0.39, 0.29) is 11.8 Å². The number of halogens is 2. The van der Waals surface area contributed by atoms with E-state index in [2.05, 4.69) is 0 Å². The van der Waals surface area contributed by atoms with Crippen LogP contribution >= 0.6 is 23.2 Å². The van der Waals surface area contributed by atoms with Gasteiger partial charge in [0.15, 0.2) is 0 Å². The Bertz CT molecular complexity index is 353. The molecule has 0 aliphatic heterocycles. The molecule has 2 aliphatic carbocycles. The fourth-order valence-corrected chi connectivity index (χ4v) is 4.90. The largest absolute Gasteiger partial charge is 0.479 e. The van der Waals surface area contributed by atoms with Gasteiger partial charge in [0, 0.05) is 5.41 Å². The fraction of sp³-hybridized carbons (Fsp3) is 0.923. The zero-order valence-corrected chi connectivity index (χ0v) is 12.3. The molecule has 2 atom stereocenters. The molecule has 2 N–H and O–H groups in total. The first kappa shape index (κ1) is 14.4. The molecule has 0 saturated heterocycles. The number of rotatable bonds is 2. The van der Waals surface area contributed by atoms with Crippen molar-refractivity contribution < 1.29 is 15.0 Å². The van der Waals surface area contributed by atoms with Crippen LogP contribution in [0.5, 0.6) is 0 Å². The van der Waals surface area contributed by atoms with Gasteiger partial charge < -0.3 is 10.2 Å². The number of carboxylic acid groups (broad SMARTS) is 1. The molecule has 2 aliphatic rings. The minimum Gasteiger partial charge on any atom is -0.479 e. The minimum atomic E-state index is -1.82. The van der Waals surface area contributed by atoms with Gasteiger partial charge in [0.05, 0.1) is 5.60 Å². The lowest BCUT2D eigenvalue weighted by atomic mass is 9.53. The monoisotopic (exact) mass is 294 g/mol. The summed E-state index contributed by atoms with van der Waals surface area (Å²) in [5.74, 6) is -0.712. The second-order valence-electron chi connectivity index (χ2n) is 6.59. The highest BCUT2D eigenvalue weighted by atomic mass is 35.5. The van der Waals surface area contributed by atoms with Crippen molar-refractivity contribution in [3.05, 3.63) is 0 Å². The lowest BCUT2D eigenvalue weighted by Gasteiger charge is -2.56. The van der Waals surface area contributed by atoms with Crippen LogP contribution in [0.15, 0.2) is 0 Å². The first-order chi connectivity index (χ1) is 8.10. The maximum absolute atomic E-state index is 11.4. The van der Waals surface area contributed by atoms with E-state index >= 15 is 0 Å². The van der Waals surface area contributed by atoms with Crippen LogP contribution in [0, 0.1) is 17.3 Å². The molecule has 5 heteroatoms. The number of carbonyl (C=O) groups is 1. The average Bonchev–Trinajstić information content (AvgIpc) is 2.12. The number of aliphatic carboxylic acids is 1. The molecule has 18 heavy (non-hydrogen) atoms. The normalized spacial score (nSPS) is 44.7. The number of aliphatic hydroxyl groups is 1. The fourth-order valence-electron chi connectivity index (χ4n) is 4.46. The number of alkyl halides is 2. The highest BCUT2D eigenvalue weighted by molar-refractivity contribution is 6.57. The topological polar surface area (TPSA) is 57.5 Å². The van der Waals surface area contributed by atoms with E-state index in [9.17, 15) is 15.0 Å². The van der Waals surface area contributed by atoms with Gasteiger partial charge >= 0.3 is 5.97 Å². The van der Waals surface area contributed by atoms with Gasteiger partial charge in [-0.15, -0.1) is 0 Å². The second-order valence-corrected chi connectivity index (χ2v) is 7.92. The molecule has 2 rings (SSSR count). The Morgan fingerprint density at radius 1 is 1.17 bits per heavy atom. The van der Waals surface area contributed by atoms with Crippen molar-refractivity contribution in [1.82, 2.24) is 0 Å². The highest BCUT2D eigenvalue weighted by Crippen LogP contribution is 2.62. The maximum Gasteiger partial charge on any atom is 0.340 e. The smallest absolute Gasteiger partial charge is 0.340 e. The maximum atomic E-state index is 11.4. The third-order valence-electron chi connectivity index (χ3n) is 4.54. The van der Waals surface area contributed by atoms with Crippen molar-refractivity contribution in [1.29, 1.82) is 0 Å². The van der Waals surface area contributed by atoms with Gasteiger partial charge in [-0.25, -0.2) is 4.79 Å². The van der Waals surface area contributed by atoms with Gasteiger partial charge in [0.2, 0.25) is 4.33 Å². The van der Waals surface area contributed by atoms with Crippen LogP contribution in [-0.4, -0.2) is 26.1 Å². The molecule has 0 spiro atoms. The van der Waals surface area contributed by atoms with E-state index in [1.165, 1.54) is 0 Å². The van der Waals surface area contributed by atoms with Crippen LogP contribution in [0.4, 0.5) is 0 Å². The van der Waals surface area contributed by atoms with Crippen LogP contribution in [0.1, 0.15) is 46.0 Å². The van der Waals surface area contributed by atoms with E-state index in [1.54, 1.807) is 0 Å². The van der Waals surface area contributed by atoms with E-state index in [4.69, 9.17) is 23.2 Å². The van der Waals surface area contributed by atoms with E-state index in [0.29, 0.717) is 32.1 Å². The molecule has 2 fully saturated rings. The molecule has 2 saturated carbocycles. The summed E-state index contributed by atoms with van der Waals surface area (Å²) in [5.41, 5.74) is -1.52. The minimum absolute atomic E-state index is 0.243. The first-order valence-corrected chi connectivity index (χ1v) is 7.19. The van der Waals surface area contributed by atoms with E-state index in [1.807, 2.05) is 13.8 Å². The van der Waals surface area contributed by atoms with Gasteiger partial charge in [0.25, 0.3) is 0 Å². The molecule has 0 heterocycles. The van der Waals surface area contributed by atoms with Crippen LogP contribution < -0.4 is 0 Å². The van der Waals surface area contributed by atoms with Crippen molar-refractivity contribution in [2.24, 2.45) is 17.3 Å². The third-order valence-corrected chi connectivity index (χ3v) is 5.66. The Hall–Kier alpha value is 0.01000. The molecule has 0 radical (unpaired) electrons. The molecular formula is C13H20Cl2O3. The van der Waals surface area contributed by atoms with Crippen molar-refractivity contribution in [3.63, 3.8) is 0 Å². The van der Waals surface area contributed by atoms with Gasteiger partial charge in [-0.2, -0.15) is 0 Å². The zero-order chi connectivity index (χ0) is 13.8.